The Morgan fingerprint density at radius 1 is 1.24 bits per heavy atom. The number of halogens is 2. The molecule has 0 fully saturated rings. The highest BCUT2D eigenvalue weighted by molar-refractivity contribution is 7.71. The van der Waals surface area contributed by atoms with Gasteiger partial charge in [-0.15, -0.1) is 0 Å². The fourth-order valence-electron chi connectivity index (χ4n) is 1.76. The van der Waals surface area contributed by atoms with Gasteiger partial charge in [-0.3, -0.25) is 0 Å². The van der Waals surface area contributed by atoms with Gasteiger partial charge in [-0.1, -0.05) is 0 Å². The number of rotatable bonds is 3. The van der Waals surface area contributed by atoms with Crippen LogP contribution in [0.5, 0.6) is 0 Å². The summed E-state index contributed by atoms with van der Waals surface area (Å²) >= 11 is 5.10. The maximum atomic E-state index is 13.0. The summed E-state index contributed by atoms with van der Waals surface area (Å²) in [5.41, 5.74) is 1.64. The molecule has 1 aromatic carbocycles. The highest BCUT2D eigenvalue weighted by Crippen LogP contribution is 2.10. The molecular formula is C12H12F2N2S. The summed E-state index contributed by atoms with van der Waals surface area (Å²) in [6, 6.07) is 3.56. The van der Waals surface area contributed by atoms with E-state index in [1.165, 1.54) is 12.1 Å². The first-order chi connectivity index (χ1) is 8.06. The lowest BCUT2D eigenvalue weighted by Gasteiger charge is -2.05. The zero-order valence-corrected chi connectivity index (χ0v) is 10.2. The predicted octanol–water partition coefficient (Wildman–Crippen LogP) is 3.38. The van der Waals surface area contributed by atoms with Gasteiger partial charge in [-0.2, -0.15) is 0 Å². The number of nitrogens with one attached hydrogen (secondary N) is 1. The summed E-state index contributed by atoms with van der Waals surface area (Å²) in [7, 11) is 0. The van der Waals surface area contributed by atoms with Crippen LogP contribution >= 0.6 is 12.2 Å². The van der Waals surface area contributed by atoms with Crippen LogP contribution in [0.15, 0.2) is 24.4 Å². The van der Waals surface area contributed by atoms with E-state index in [9.17, 15) is 8.78 Å². The molecule has 0 saturated heterocycles. The molecule has 0 saturated carbocycles. The fourth-order valence-corrected chi connectivity index (χ4v) is 2.05. The lowest BCUT2D eigenvalue weighted by atomic mass is 10.1. The molecule has 1 aromatic heterocycles. The van der Waals surface area contributed by atoms with Crippen molar-refractivity contribution in [3.63, 3.8) is 0 Å². The average Bonchev–Trinajstić information content (AvgIpc) is 2.55. The summed E-state index contributed by atoms with van der Waals surface area (Å²) in [6.45, 7) is 2.54. The van der Waals surface area contributed by atoms with Crippen LogP contribution in [0.1, 0.15) is 11.3 Å². The van der Waals surface area contributed by atoms with Gasteiger partial charge in [0.15, 0.2) is 4.77 Å². The molecule has 0 aliphatic carbocycles. The number of nitrogens with zero attached hydrogens (tertiary/aromatic N) is 1. The van der Waals surface area contributed by atoms with Crippen molar-refractivity contribution >= 4 is 12.2 Å². The Hall–Kier alpha value is -1.49. The van der Waals surface area contributed by atoms with Gasteiger partial charge in [-0.05, 0) is 43.3 Å². The van der Waals surface area contributed by atoms with E-state index in [1.54, 1.807) is 0 Å². The minimum Gasteiger partial charge on any atom is -0.337 e. The van der Waals surface area contributed by atoms with E-state index in [2.05, 4.69) is 4.98 Å². The second-order valence-electron chi connectivity index (χ2n) is 3.91. The Balaban J connectivity index is 2.15. The number of benzene rings is 1. The highest BCUT2D eigenvalue weighted by Gasteiger charge is 2.03. The number of hydrogen-bond donors (Lipinski definition) is 1. The second kappa shape index (κ2) is 4.79. The Bertz CT molecular complexity index is 566. The molecule has 1 N–H and O–H groups in total. The minimum absolute atomic E-state index is 0.543. The topological polar surface area (TPSA) is 20.7 Å². The highest BCUT2D eigenvalue weighted by atomic mass is 32.1. The lowest BCUT2D eigenvalue weighted by molar-refractivity contribution is 0.575. The second-order valence-corrected chi connectivity index (χ2v) is 4.30. The Labute approximate surface area is 103 Å². The molecule has 0 radical (unpaired) electrons. The maximum Gasteiger partial charge on any atom is 0.177 e. The largest absolute Gasteiger partial charge is 0.337 e. The van der Waals surface area contributed by atoms with Crippen molar-refractivity contribution in [1.82, 2.24) is 9.55 Å². The number of aryl methyl sites for hydroxylation is 2. The van der Waals surface area contributed by atoms with Crippen molar-refractivity contribution in [1.29, 1.82) is 0 Å². The first kappa shape index (κ1) is 12.0. The molecule has 5 heteroatoms. The third-order valence-electron chi connectivity index (χ3n) is 2.62. The van der Waals surface area contributed by atoms with E-state index in [-0.39, 0.29) is 0 Å². The van der Waals surface area contributed by atoms with Gasteiger partial charge in [-0.25, -0.2) is 8.78 Å². The molecule has 0 bridgehead atoms. The van der Waals surface area contributed by atoms with Crippen LogP contribution in [0.3, 0.4) is 0 Å². The standard InChI is InChI=1S/C12H12F2N2S/c1-8-7-15-12(17)16(8)3-2-9-4-10(13)6-11(14)5-9/h4-7H,2-3H2,1H3,(H,15,17). The molecule has 90 valence electrons. The molecule has 1 heterocycles. The van der Waals surface area contributed by atoms with Crippen molar-refractivity contribution < 1.29 is 8.78 Å². The first-order valence-electron chi connectivity index (χ1n) is 5.26. The van der Waals surface area contributed by atoms with Crippen LogP contribution in [0, 0.1) is 23.3 Å². The molecule has 0 aliphatic rings. The van der Waals surface area contributed by atoms with E-state index >= 15 is 0 Å². The molecule has 0 unspecified atom stereocenters. The van der Waals surface area contributed by atoms with Crippen LogP contribution in [0.4, 0.5) is 8.78 Å². The molecule has 0 aliphatic heterocycles. The number of H-pyrrole nitrogens is 1. The van der Waals surface area contributed by atoms with Gasteiger partial charge in [0, 0.05) is 24.5 Å². The summed E-state index contributed by atoms with van der Waals surface area (Å²) < 4.78 is 28.5. The van der Waals surface area contributed by atoms with Crippen LogP contribution in [-0.2, 0) is 13.0 Å². The molecular weight excluding hydrogens is 242 g/mol. The van der Waals surface area contributed by atoms with Crippen molar-refractivity contribution in [3.05, 3.63) is 52.1 Å². The van der Waals surface area contributed by atoms with Crippen molar-refractivity contribution in [3.8, 4) is 0 Å². The molecule has 2 aromatic rings. The van der Waals surface area contributed by atoms with Gasteiger partial charge < -0.3 is 9.55 Å². The molecule has 2 nitrogen and oxygen atoms in total. The Morgan fingerprint density at radius 3 is 2.41 bits per heavy atom. The number of aromatic amines is 1. The van der Waals surface area contributed by atoms with Gasteiger partial charge in [0.2, 0.25) is 0 Å². The SMILES string of the molecule is Cc1c[nH]c(=S)n1CCc1cc(F)cc(F)c1. The summed E-state index contributed by atoms with van der Waals surface area (Å²) in [5, 5.41) is 0. The molecule has 17 heavy (non-hydrogen) atoms. The molecule has 2 rings (SSSR count). The number of imidazole rings is 1. The number of aromatic nitrogens is 2. The van der Waals surface area contributed by atoms with E-state index < -0.39 is 11.6 Å². The maximum absolute atomic E-state index is 13.0. The summed E-state index contributed by atoms with van der Waals surface area (Å²) in [6.07, 6.45) is 2.36. The Morgan fingerprint density at radius 2 is 1.88 bits per heavy atom. The van der Waals surface area contributed by atoms with Gasteiger partial charge in [0.05, 0.1) is 0 Å². The van der Waals surface area contributed by atoms with Crippen LogP contribution in [0.2, 0.25) is 0 Å². The van der Waals surface area contributed by atoms with Crippen LogP contribution in [-0.4, -0.2) is 9.55 Å². The molecule has 0 spiro atoms. The monoisotopic (exact) mass is 254 g/mol. The van der Waals surface area contributed by atoms with E-state index in [0.717, 1.165) is 11.8 Å². The summed E-state index contributed by atoms with van der Waals surface area (Å²) in [4.78, 5) is 2.93. The third kappa shape index (κ3) is 2.79. The van der Waals surface area contributed by atoms with Crippen molar-refractivity contribution in [2.24, 2.45) is 0 Å². The lowest BCUT2D eigenvalue weighted by Crippen LogP contribution is -2.03. The normalized spacial score (nSPS) is 10.8. The van der Waals surface area contributed by atoms with Gasteiger partial charge in [0.25, 0.3) is 0 Å². The minimum atomic E-state index is -0.547. The quantitative estimate of drug-likeness (QED) is 0.833. The van der Waals surface area contributed by atoms with E-state index in [4.69, 9.17) is 12.2 Å². The predicted molar refractivity (Wildman–Crippen MR) is 64.4 cm³/mol. The third-order valence-corrected chi connectivity index (χ3v) is 2.96. The smallest absolute Gasteiger partial charge is 0.177 e. The molecule has 0 atom stereocenters. The van der Waals surface area contributed by atoms with Crippen LogP contribution < -0.4 is 0 Å². The molecule has 0 amide bonds. The summed E-state index contributed by atoms with van der Waals surface area (Å²) in [5.74, 6) is -1.09. The van der Waals surface area contributed by atoms with Gasteiger partial charge in [0.1, 0.15) is 11.6 Å². The van der Waals surface area contributed by atoms with E-state index in [1.807, 2.05) is 17.7 Å². The fraction of sp³-hybridized carbons (Fsp3) is 0.250. The van der Waals surface area contributed by atoms with Gasteiger partial charge >= 0.3 is 0 Å². The zero-order valence-electron chi connectivity index (χ0n) is 9.34. The van der Waals surface area contributed by atoms with Crippen LogP contribution in [0.25, 0.3) is 0 Å². The first-order valence-corrected chi connectivity index (χ1v) is 5.67. The van der Waals surface area contributed by atoms with Crippen molar-refractivity contribution in [2.75, 3.05) is 0 Å². The average molecular weight is 254 g/mol. The van der Waals surface area contributed by atoms with E-state index in [0.29, 0.717) is 23.3 Å². The zero-order chi connectivity index (χ0) is 12.4. The van der Waals surface area contributed by atoms with Crippen molar-refractivity contribution in [2.45, 2.75) is 19.9 Å². The number of hydrogen-bond acceptors (Lipinski definition) is 1. The Kier molecular flexibility index (Phi) is 3.38.